The molecule has 0 fully saturated rings. The zero-order valence-corrected chi connectivity index (χ0v) is 8.03. The van der Waals surface area contributed by atoms with Gasteiger partial charge in [-0.1, -0.05) is 12.1 Å². The Kier molecular flexibility index (Phi) is 3.59. The van der Waals surface area contributed by atoms with Crippen LogP contribution in [0.5, 0.6) is 0 Å². The molecule has 0 aliphatic carbocycles. The number of hydrogen-bond acceptors (Lipinski definition) is 1. The minimum absolute atomic E-state index is 0.144. The van der Waals surface area contributed by atoms with E-state index in [0.29, 0.717) is 6.54 Å². The van der Waals surface area contributed by atoms with Crippen LogP contribution in [0.4, 0.5) is 9.18 Å². The molecule has 1 aromatic rings. The Bertz CT molecular complexity index is 310. The van der Waals surface area contributed by atoms with Gasteiger partial charge in [0.1, 0.15) is 5.82 Å². The molecule has 0 saturated carbocycles. The zero-order chi connectivity index (χ0) is 10.6. The summed E-state index contributed by atoms with van der Waals surface area (Å²) in [5.41, 5.74) is 0.893. The van der Waals surface area contributed by atoms with Crippen LogP contribution in [-0.2, 0) is 6.54 Å². The van der Waals surface area contributed by atoms with Crippen LogP contribution < -0.4 is 5.32 Å². The topological polar surface area (TPSA) is 36.9 Å². The molecule has 2 N–H and O–H groups in total. The van der Waals surface area contributed by atoms with Crippen LogP contribution in [-0.4, -0.2) is 18.0 Å². The summed E-state index contributed by atoms with van der Waals surface area (Å²) in [5, 5.41) is 1.25. The molecule has 0 aliphatic heterocycles. The van der Waals surface area contributed by atoms with Gasteiger partial charge in [-0.2, -0.15) is 0 Å². The second kappa shape index (κ2) is 4.72. The standard InChI is InChI=1S/C10H13FN2O/c1-12-10(14)13(2)7-8-3-5-9(11)6-4-8/h3-6H,1,7,12H2,2H3. The number of hydrogen-bond donors (Lipinski definition) is 1. The summed E-state index contributed by atoms with van der Waals surface area (Å²) >= 11 is 0. The molecule has 0 aromatic heterocycles. The van der Waals surface area contributed by atoms with Crippen molar-refractivity contribution in [2.75, 3.05) is 7.05 Å². The highest BCUT2D eigenvalue weighted by Gasteiger charge is 2.07. The van der Waals surface area contributed by atoms with Gasteiger partial charge in [0.2, 0.25) is 0 Å². The Balaban J connectivity index is 2.60. The number of quaternary nitrogens is 1. The van der Waals surface area contributed by atoms with E-state index in [1.165, 1.54) is 22.3 Å². The molecular formula is C10H13FN2O. The van der Waals surface area contributed by atoms with Crippen molar-refractivity contribution in [1.29, 1.82) is 0 Å². The molecule has 0 atom stereocenters. The zero-order valence-electron chi connectivity index (χ0n) is 8.03. The number of nitrogens with zero attached hydrogens (tertiary/aromatic N) is 1. The van der Waals surface area contributed by atoms with Crippen LogP contribution >= 0.6 is 0 Å². The first-order chi connectivity index (χ1) is 6.63. The van der Waals surface area contributed by atoms with Crippen LogP contribution in [0.15, 0.2) is 24.3 Å². The fraction of sp³-hybridized carbons (Fsp3) is 0.200. The third-order valence-electron chi connectivity index (χ3n) is 1.88. The molecule has 76 valence electrons. The molecule has 0 radical (unpaired) electrons. The van der Waals surface area contributed by atoms with Gasteiger partial charge < -0.3 is 5.32 Å². The minimum Gasteiger partial charge on any atom is -0.395 e. The maximum atomic E-state index is 12.6. The van der Waals surface area contributed by atoms with Crippen molar-refractivity contribution < 1.29 is 14.5 Å². The lowest BCUT2D eigenvalue weighted by Crippen LogP contribution is -2.84. The quantitative estimate of drug-likeness (QED) is 0.696. The van der Waals surface area contributed by atoms with Gasteiger partial charge in [-0.05, 0) is 17.7 Å². The average molecular weight is 196 g/mol. The molecule has 0 unspecified atom stereocenters. The number of halogens is 1. The lowest BCUT2D eigenvalue weighted by atomic mass is 10.2. The monoisotopic (exact) mass is 196 g/mol. The number of carbonyl (C=O) groups is 1. The molecule has 3 nitrogen and oxygen atoms in total. The third kappa shape index (κ3) is 2.81. The lowest BCUT2D eigenvalue weighted by Gasteiger charge is -2.14. The van der Waals surface area contributed by atoms with Crippen LogP contribution in [0, 0.1) is 12.9 Å². The fourth-order valence-electron chi connectivity index (χ4n) is 1.10. The summed E-state index contributed by atoms with van der Waals surface area (Å²) in [7, 11) is 5.06. The molecule has 0 aliphatic rings. The summed E-state index contributed by atoms with van der Waals surface area (Å²) in [6.07, 6.45) is 0. The number of urea groups is 1. The van der Waals surface area contributed by atoms with Crippen molar-refractivity contribution in [3.63, 3.8) is 0 Å². The summed E-state index contributed by atoms with van der Waals surface area (Å²) < 4.78 is 12.6. The smallest absolute Gasteiger partial charge is 0.389 e. The van der Waals surface area contributed by atoms with Crippen LogP contribution in [0.25, 0.3) is 0 Å². The maximum Gasteiger partial charge on any atom is 0.389 e. The van der Waals surface area contributed by atoms with Gasteiger partial charge in [0.15, 0.2) is 0 Å². The number of rotatable bonds is 2. The Morgan fingerprint density at radius 1 is 1.50 bits per heavy atom. The lowest BCUT2D eigenvalue weighted by molar-refractivity contribution is -0.497. The Labute approximate surface area is 82.5 Å². The van der Waals surface area contributed by atoms with Crippen LogP contribution in [0.3, 0.4) is 0 Å². The van der Waals surface area contributed by atoms with E-state index < -0.39 is 0 Å². The molecule has 0 bridgehead atoms. The van der Waals surface area contributed by atoms with E-state index in [9.17, 15) is 9.18 Å². The number of primary amides is 1. The van der Waals surface area contributed by atoms with E-state index in [0.717, 1.165) is 5.56 Å². The highest BCUT2D eigenvalue weighted by atomic mass is 19.1. The van der Waals surface area contributed by atoms with E-state index in [4.69, 9.17) is 0 Å². The molecule has 0 heterocycles. The number of benzene rings is 1. The van der Waals surface area contributed by atoms with Crippen molar-refractivity contribution in [3.05, 3.63) is 42.7 Å². The van der Waals surface area contributed by atoms with Gasteiger partial charge in [-0.25, -0.2) is 9.18 Å². The van der Waals surface area contributed by atoms with Crippen molar-refractivity contribution in [2.24, 2.45) is 0 Å². The normalized spacial score (nSPS) is 9.93. The van der Waals surface area contributed by atoms with Crippen molar-refractivity contribution >= 4 is 6.03 Å². The molecule has 1 rings (SSSR count). The van der Waals surface area contributed by atoms with Gasteiger partial charge in [0.25, 0.3) is 0 Å². The molecule has 2 amide bonds. The first kappa shape index (κ1) is 10.7. The van der Waals surface area contributed by atoms with Gasteiger partial charge >= 0.3 is 6.03 Å². The summed E-state index contributed by atoms with van der Waals surface area (Å²) in [6.45, 7) is 0.463. The molecule has 1 aromatic carbocycles. The summed E-state index contributed by atoms with van der Waals surface area (Å²) in [5.74, 6) is -0.272. The number of carbonyl (C=O) groups excluding carboxylic acids is 1. The van der Waals surface area contributed by atoms with Crippen molar-refractivity contribution in [3.8, 4) is 0 Å². The van der Waals surface area contributed by atoms with E-state index in [-0.39, 0.29) is 11.8 Å². The minimum atomic E-state index is -0.272. The second-order valence-electron chi connectivity index (χ2n) is 3.02. The Hall–Kier alpha value is -1.42. The maximum absolute atomic E-state index is 12.6. The van der Waals surface area contributed by atoms with Gasteiger partial charge in [0.05, 0.1) is 6.54 Å². The first-order valence-corrected chi connectivity index (χ1v) is 4.25. The van der Waals surface area contributed by atoms with E-state index in [1.807, 2.05) is 0 Å². The van der Waals surface area contributed by atoms with E-state index in [2.05, 4.69) is 7.05 Å². The van der Waals surface area contributed by atoms with Gasteiger partial charge in [0, 0.05) is 7.05 Å². The largest absolute Gasteiger partial charge is 0.395 e. The fourth-order valence-corrected chi connectivity index (χ4v) is 1.10. The van der Waals surface area contributed by atoms with Crippen LogP contribution in [0.2, 0.25) is 0 Å². The predicted molar refractivity (Wildman–Crippen MR) is 50.5 cm³/mol. The second-order valence-corrected chi connectivity index (χ2v) is 3.02. The Morgan fingerprint density at radius 3 is 2.57 bits per heavy atom. The van der Waals surface area contributed by atoms with E-state index in [1.54, 1.807) is 19.2 Å². The molecule has 4 heteroatoms. The number of amides is 2. The molecular weight excluding hydrogens is 183 g/mol. The third-order valence-corrected chi connectivity index (χ3v) is 1.88. The molecule has 14 heavy (non-hydrogen) atoms. The average Bonchev–Trinajstić information content (AvgIpc) is 2.20. The molecule has 0 spiro atoms. The predicted octanol–water partition coefficient (Wildman–Crippen LogP) is 0.732. The highest BCUT2D eigenvalue weighted by molar-refractivity contribution is 5.63. The van der Waals surface area contributed by atoms with Crippen molar-refractivity contribution in [2.45, 2.75) is 6.54 Å². The molecule has 0 saturated heterocycles. The summed E-state index contributed by atoms with van der Waals surface area (Å²) in [6, 6.07) is 5.92. The van der Waals surface area contributed by atoms with Gasteiger partial charge in [-0.3, -0.25) is 4.90 Å². The summed E-state index contributed by atoms with van der Waals surface area (Å²) in [4.78, 5) is 12.6. The first-order valence-electron chi connectivity index (χ1n) is 4.25. The van der Waals surface area contributed by atoms with Crippen molar-refractivity contribution in [1.82, 2.24) is 4.90 Å². The van der Waals surface area contributed by atoms with Gasteiger partial charge in [-0.15, -0.1) is 7.05 Å². The number of nitrogens with two attached hydrogens (primary N) is 1. The van der Waals surface area contributed by atoms with Crippen LogP contribution in [0.1, 0.15) is 5.56 Å². The van der Waals surface area contributed by atoms with E-state index >= 15 is 0 Å². The SMILES string of the molecule is [CH2-][NH2+]C(=O)N(C)Cc1ccc(F)cc1. The Morgan fingerprint density at radius 2 is 2.07 bits per heavy atom. The highest BCUT2D eigenvalue weighted by Crippen LogP contribution is 2.04.